The van der Waals surface area contributed by atoms with E-state index in [1.54, 1.807) is 0 Å². The van der Waals surface area contributed by atoms with Crippen LogP contribution >= 0.6 is 0 Å². The lowest BCUT2D eigenvalue weighted by atomic mass is 9.71. The molecule has 1 rings (SSSR count). The van der Waals surface area contributed by atoms with Crippen molar-refractivity contribution in [3.8, 4) is 0 Å². The fraction of sp³-hybridized carbons (Fsp3) is 0.882. The lowest BCUT2D eigenvalue weighted by molar-refractivity contribution is -0.123. The van der Waals surface area contributed by atoms with Crippen LogP contribution in [0.4, 0.5) is 0 Å². The summed E-state index contributed by atoms with van der Waals surface area (Å²) in [6.07, 6.45) is 9.72. The smallest absolute Gasteiger partial charge is 0.155 e. The maximum absolute atomic E-state index is 10.5. The average molecular weight is 284 g/mol. The first-order valence-corrected chi connectivity index (χ1v) is 8.00. The lowest BCUT2D eigenvalue weighted by Gasteiger charge is -2.38. The molecule has 1 saturated carbocycles. The van der Waals surface area contributed by atoms with Gasteiger partial charge in [0.2, 0.25) is 0 Å². The molecule has 1 aliphatic rings. The van der Waals surface area contributed by atoms with Gasteiger partial charge >= 0.3 is 0 Å². The molecule has 3 heteroatoms. The van der Waals surface area contributed by atoms with Crippen molar-refractivity contribution in [3.63, 3.8) is 0 Å². The van der Waals surface area contributed by atoms with Gasteiger partial charge < -0.3 is 14.6 Å². The van der Waals surface area contributed by atoms with Crippen molar-refractivity contribution < 1.29 is 14.6 Å². The summed E-state index contributed by atoms with van der Waals surface area (Å²) in [6, 6.07) is 0. The molecule has 0 aromatic heterocycles. The van der Waals surface area contributed by atoms with Gasteiger partial charge in [0.1, 0.15) is 0 Å². The fourth-order valence-corrected chi connectivity index (χ4v) is 2.43. The van der Waals surface area contributed by atoms with E-state index in [9.17, 15) is 5.11 Å². The largest absolute Gasteiger partial charge is 0.386 e. The fourth-order valence-electron chi connectivity index (χ4n) is 2.43. The minimum Gasteiger partial charge on any atom is -0.386 e. The third-order valence-corrected chi connectivity index (χ3v) is 4.18. The Labute approximate surface area is 124 Å². The highest BCUT2D eigenvalue weighted by atomic mass is 16.7. The zero-order valence-corrected chi connectivity index (χ0v) is 13.7. The molecule has 0 heterocycles. The standard InChI is InChI=1S/C17H32O3/c1-5-6-13-19-15(2)20-14-7-8-17(18)11-9-16(3,4)10-12-17/h7-8,15,18H,5-6,9-14H2,1-4H3/b8-7+. The van der Waals surface area contributed by atoms with Crippen LogP contribution in [0, 0.1) is 5.41 Å². The molecule has 20 heavy (non-hydrogen) atoms. The Morgan fingerprint density at radius 3 is 2.40 bits per heavy atom. The van der Waals surface area contributed by atoms with Gasteiger partial charge in [0.05, 0.1) is 12.2 Å². The molecule has 0 aliphatic heterocycles. The molecule has 1 fully saturated rings. The molecule has 0 spiro atoms. The maximum atomic E-state index is 10.5. The van der Waals surface area contributed by atoms with E-state index in [4.69, 9.17) is 9.47 Å². The summed E-state index contributed by atoms with van der Waals surface area (Å²) in [5, 5.41) is 10.5. The number of unbranched alkanes of at least 4 members (excludes halogenated alkanes) is 1. The van der Waals surface area contributed by atoms with Gasteiger partial charge in [0.15, 0.2) is 6.29 Å². The van der Waals surface area contributed by atoms with Crippen LogP contribution in [0.5, 0.6) is 0 Å². The first-order valence-electron chi connectivity index (χ1n) is 8.00. The second-order valence-electron chi connectivity index (χ2n) is 6.80. The topological polar surface area (TPSA) is 38.7 Å². The van der Waals surface area contributed by atoms with Crippen molar-refractivity contribution in [1.82, 2.24) is 0 Å². The van der Waals surface area contributed by atoms with Crippen LogP contribution in [0.2, 0.25) is 0 Å². The van der Waals surface area contributed by atoms with Crippen molar-refractivity contribution in [2.45, 2.75) is 78.1 Å². The van der Waals surface area contributed by atoms with E-state index < -0.39 is 5.60 Å². The van der Waals surface area contributed by atoms with Crippen LogP contribution in [0.15, 0.2) is 12.2 Å². The summed E-state index contributed by atoms with van der Waals surface area (Å²) in [7, 11) is 0. The highest BCUT2D eigenvalue weighted by Crippen LogP contribution is 2.40. The minimum absolute atomic E-state index is 0.175. The predicted octanol–water partition coefficient (Wildman–Crippen LogP) is 4.05. The Morgan fingerprint density at radius 2 is 1.80 bits per heavy atom. The van der Waals surface area contributed by atoms with Crippen molar-refractivity contribution in [1.29, 1.82) is 0 Å². The maximum Gasteiger partial charge on any atom is 0.155 e. The van der Waals surface area contributed by atoms with Crippen LogP contribution < -0.4 is 0 Å². The predicted molar refractivity (Wildman–Crippen MR) is 82.6 cm³/mol. The Balaban J connectivity index is 2.20. The zero-order valence-electron chi connectivity index (χ0n) is 13.7. The highest BCUT2D eigenvalue weighted by molar-refractivity contribution is 5.04. The van der Waals surface area contributed by atoms with Gasteiger partial charge in [-0.1, -0.05) is 39.3 Å². The molecule has 1 aliphatic carbocycles. The Kier molecular flexibility index (Phi) is 7.21. The van der Waals surface area contributed by atoms with Gasteiger partial charge in [-0.15, -0.1) is 0 Å². The molecular formula is C17H32O3. The molecule has 0 radical (unpaired) electrons. The monoisotopic (exact) mass is 284 g/mol. The van der Waals surface area contributed by atoms with E-state index in [-0.39, 0.29) is 6.29 Å². The van der Waals surface area contributed by atoms with Gasteiger partial charge in [-0.05, 0) is 44.4 Å². The van der Waals surface area contributed by atoms with E-state index in [0.717, 1.165) is 45.1 Å². The lowest BCUT2D eigenvalue weighted by Crippen LogP contribution is -2.35. The van der Waals surface area contributed by atoms with Crippen LogP contribution in [0.25, 0.3) is 0 Å². The van der Waals surface area contributed by atoms with Gasteiger partial charge in [0.25, 0.3) is 0 Å². The first-order chi connectivity index (χ1) is 9.37. The summed E-state index contributed by atoms with van der Waals surface area (Å²) < 4.78 is 11.1. The SMILES string of the molecule is CCCCOC(C)OC/C=C/C1(O)CCC(C)(C)CC1. The van der Waals surface area contributed by atoms with E-state index in [2.05, 4.69) is 20.8 Å². The third kappa shape index (κ3) is 6.87. The Hall–Kier alpha value is -0.380. The quantitative estimate of drug-likeness (QED) is 0.415. The summed E-state index contributed by atoms with van der Waals surface area (Å²) in [6.45, 7) is 9.86. The van der Waals surface area contributed by atoms with Crippen molar-refractivity contribution in [2.75, 3.05) is 13.2 Å². The second kappa shape index (κ2) is 8.16. The van der Waals surface area contributed by atoms with Crippen LogP contribution in [0.3, 0.4) is 0 Å². The molecule has 0 bridgehead atoms. The molecule has 1 unspecified atom stereocenters. The molecule has 0 amide bonds. The van der Waals surface area contributed by atoms with Crippen molar-refractivity contribution in [3.05, 3.63) is 12.2 Å². The van der Waals surface area contributed by atoms with Gasteiger partial charge in [-0.2, -0.15) is 0 Å². The van der Waals surface area contributed by atoms with Crippen LogP contribution in [0.1, 0.15) is 66.2 Å². The Morgan fingerprint density at radius 1 is 1.15 bits per heavy atom. The summed E-state index contributed by atoms with van der Waals surface area (Å²) >= 11 is 0. The zero-order chi connectivity index (χ0) is 15.1. The summed E-state index contributed by atoms with van der Waals surface area (Å²) in [4.78, 5) is 0. The molecule has 0 aromatic carbocycles. The number of hydrogen-bond donors (Lipinski definition) is 1. The number of rotatable bonds is 8. The molecule has 0 aromatic rings. The number of ether oxygens (including phenoxy) is 2. The van der Waals surface area contributed by atoms with E-state index in [1.165, 1.54) is 0 Å². The normalized spacial score (nSPS) is 23.1. The number of hydrogen-bond acceptors (Lipinski definition) is 3. The molecular weight excluding hydrogens is 252 g/mol. The minimum atomic E-state index is -0.634. The van der Waals surface area contributed by atoms with Crippen molar-refractivity contribution in [2.24, 2.45) is 5.41 Å². The van der Waals surface area contributed by atoms with Gasteiger partial charge in [-0.25, -0.2) is 0 Å². The van der Waals surface area contributed by atoms with Gasteiger partial charge in [0, 0.05) is 6.61 Å². The first kappa shape index (κ1) is 17.7. The highest BCUT2D eigenvalue weighted by Gasteiger charge is 2.34. The number of aliphatic hydroxyl groups is 1. The Bertz CT molecular complexity index is 287. The molecule has 1 atom stereocenters. The summed E-state index contributed by atoms with van der Waals surface area (Å²) in [5.41, 5.74) is -0.261. The summed E-state index contributed by atoms with van der Waals surface area (Å²) in [5.74, 6) is 0. The van der Waals surface area contributed by atoms with Gasteiger partial charge in [-0.3, -0.25) is 0 Å². The average Bonchev–Trinajstić information content (AvgIpc) is 2.39. The van der Waals surface area contributed by atoms with E-state index in [0.29, 0.717) is 12.0 Å². The van der Waals surface area contributed by atoms with E-state index in [1.807, 2.05) is 19.1 Å². The van der Waals surface area contributed by atoms with Crippen LogP contribution in [-0.2, 0) is 9.47 Å². The third-order valence-electron chi connectivity index (χ3n) is 4.18. The molecule has 0 saturated heterocycles. The molecule has 3 nitrogen and oxygen atoms in total. The van der Waals surface area contributed by atoms with Crippen molar-refractivity contribution >= 4 is 0 Å². The van der Waals surface area contributed by atoms with E-state index >= 15 is 0 Å². The molecule has 1 N–H and O–H groups in total. The second-order valence-corrected chi connectivity index (χ2v) is 6.80. The molecule has 118 valence electrons. The van der Waals surface area contributed by atoms with Crippen LogP contribution in [-0.4, -0.2) is 30.2 Å².